The molecule has 0 radical (unpaired) electrons. The molecule has 0 aromatic heterocycles. The van der Waals surface area contributed by atoms with E-state index in [4.69, 9.17) is 10.8 Å². The largest absolute Gasteiger partial charge is 0.416 e. The average molecular weight is 288 g/mol. The van der Waals surface area contributed by atoms with Crippen molar-refractivity contribution in [2.75, 3.05) is 24.6 Å². The molecule has 1 aromatic rings. The number of nitrogens with two attached hydrogens (primary N) is 1. The Morgan fingerprint density at radius 3 is 2.40 bits per heavy atom. The molecular formula is C14H19F3N2O. The van der Waals surface area contributed by atoms with Crippen LogP contribution in [0, 0.1) is 5.92 Å². The first-order valence-corrected chi connectivity index (χ1v) is 6.71. The van der Waals surface area contributed by atoms with Crippen molar-refractivity contribution in [1.29, 1.82) is 0 Å². The van der Waals surface area contributed by atoms with Gasteiger partial charge in [0, 0.05) is 31.9 Å². The SMILES string of the molecule is NCc1cc(N2CCC(CO)CC2)ccc1C(F)(F)F. The number of halogens is 3. The maximum absolute atomic E-state index is 12.8. The highest BCUT2D eigenvalue weighted by atomic mass is 19.4. The van der Waals surface area contributed by atoms with Crippen LogP contribution in [0.2, 0.25) is 0 Å². The maximum Gasteiger partial charge on any atom is 0.416 e. The Bertz CT molecular complexity index is 454. The molecule has 0 unspecified atom stereocenters. The summed E-state index contributed by atoms with van der Waals surface area (Å²) in [6, 6.07) is 4.14. The Labute approximate surface area is 116 Å². The number of alkyl halides is 3. The summed E-state index contributed by atoms with van der Waals surface area (Å²) in [4.78, 5) is 2.05. The molecule has 6 heteroatoms. The van der Waals surface area contributed by atoms with E-state index < -0.39 is 11.7 Å². The lowest BCUT2D eigenvalue weighted by Gasteiger charge is -2.33. The highest BCUT2D eigenvalue weighted by molar-refractivity contribution is 5.52. The molecule has 0 aliphatic carbocycles. The standard InChI is InChI=1S/C14H19F3N2O/c15-14(16,17)13-2-1-12(7-11(13)8-18)19-5-3-10(9-20)4-6-19/h1-2,7,10,20H,3-6,8-9,18H2. The average Bonchev–Trinajstić information content (AvgIpc) is 2.45. The molecule has 0 amide bonds. The van der Waals surface area contributed by atoms with E-state index in [0.717, 1.165) is 37.7 Å². The molecule has 20 heavy (non-hydrogen) atoms. The number of aliphatic hydroxyl groups excluding tert-OH is 1. The van der Waals surface area contributed by atoms with Crippen LogP contribution in [-0.4, -0.2) is 24.8 Å². The Balaban J connectivity index is 2.18. The van der Waals surface area contributed by atoms with Gasteiger partial charge in [0.2, 0.25) is 0 Å². The monoisotopic (exact) mass is 288 g/mol. The quantitative estimate of drug-likeness (QED) is 0.898. The van der Waals surface area contributed by atoms with Gasteiger partial charge in [0.1, 0.15) is 0 Å². The molecule has 1 aliphatic heterocycles. The Hall–Kier alpha value is -1.27. The van der Waals surface area contributed by atoms with Crippen molar-refractivity contribution in [2.24, 2.45) is 11.7 Å². The molecule has 1 saturated heterocycles. The Morgan fingerprint density at radius 1 is 1.25 bits per heavy atom. The number of benzene rings is 1. The summed E-state index contributed by atoms with van der Waals surface area (Å²) in [5.74, 6) is 0.301. The number of rotatable bonds is 3. The third kappa shape index (κ3) is 3.24. The first-order valence-electron chi connectivity index (χ1n) is 6.71. The van der Waals surface area contributed by atoms with Crippen LogP contribution >= 0.6 is 0 Å². The van der Waals surface area contributed by atoms with E-state index in [1.54, 1.807) is 0 Å². The third-order valence-corrected chi connectivity index (χ3v) is 3.85. The van der Waals surface area contributed by atoms with Crippen molar-refractivity contribution in [3.8, 4) is 0 Å². The molecule has 0 saturated carbocycles. The van der Waals surface area contributed by atoms with Crippen molar-refractivity contribution in [3.63, 3.8) is 0 Å². The number of anilines is 1. The van der Waals surface area contributed by atoms with Crippen molar-refractivity contribution in [2.45, 2.75) is 25.6 Å². The third-order valence-electron chi connectivity index (χ3n) is 3.85. The van der Waals surface area contributed by atoms with E-state index in [2.05, 4.69) is 0 Å². The predicted octanol–water partition coefficient (Wildman–Crippen LogP) is 2.37. The lowest BCUT2D eigenvalue weighted by atomic mass is 9.97. The second-order valence-corrected chi connectivity index (χ2v) is 5.16. The lowest BCUT2D eigenvalue weighted by Crippen LogP contribution is -2.34. The molecule has 112 valence electrons. The molecule has 0 atom stereocenters. The number of aliphatic hydroxyl groups is 1. The topological polar surface area (TPSA) is 49.5 Å². The van der Waals surface area contributed by atoms with Crippen LogP contribution in [0.15, 0.2) is 18.2 Å². The molecule has 1 fully saturated rings. The zero-order valence-corrected chi connectivity index (χ0v) is 11.2. The van der Waals surface area contributed by atoms with Crippen LogP contribution in [0.5, 0.6) is 0 Å². The highest BCUT2D eigenvalue weighted by Crippen LogP contribution is 2.34. The van der Waals surface area contributed by atoms with E-state index in [1.165, 1.54) is 12.1 Å². The van der Waals surface area contributed by atoms with Gasteiger partial charge in [-0.1, -0.05) is 0 Å². The van der Waals surface area contributed by atoms with Crippen molar-refractivity contribution >= 4 is 5.69 Å². The van der Waals surface area contributed by atoms with Crippen LogP contribution in [0.1, 0.15) is 24.0 Å². The summed E-state index contributed by atoms with van der Waals surface area (Å²) in [5.41, 5.74) is 5.68. The smallest absolute Gasteiger partial charge is 0.396 e. The van der Waals surface area contributed by atoms with E-state index in [1.807, 2.05) is 4.90 Å². The van der Waals surface area contributed by atoms with Gasteiger partial charge in [-0.15, -0.1) is 0 Å². The first-order chi connectivity index (χ1) is 9.45. The van der Waals surface area contributed by atoms with E-state index in [-0.39, 0.29) is 18.7 Å². The van der Waals surface area contributed by atoms with E-state index >= 15 is 0 Å². The Morgan fingerprint density at radius 2 is 1.90 bits per heavy atom. The number of hydrogen-bond acceptors (Lipinski definition) is 3. The first kappa shape index (κ1) is 15.1. The fraction of sp³-hybridized carbons (Fsp3) is 0.571. The van der Waals surface area contributed by atoms with Crippen molar-refractivity contribution in [1.82, 2.24) is 0 Å². The molecule has 1 heterocycles. The summed E-state index contributed by atoms with van der Waals surface area (Å²) in [6.07, 6.45) is -2.65. The molecule has 3 N–H and O–H groups in total. The van der Waals surface area contributed by atoms with Gasteiger partial charge in [0.15, 0.2) is 0 Å². The molecule has 0 bridgehead atoms. The van der Waals surface area contributed by atoms with Crippen LogP contribution in [0.4, 0.5) is 18.9 Å². The second-order valence-electron chi connectivity index (χ2n) is 5.16. The zero-order chi connectivity index (χ0) is 14.8. The minimum atomic E-state index is -4.36. The van der Waals surface area contributed by atoms with Gasteiger partial charge < -0.3 is 15.7 Å². The van der Waals surface area contributed by atoms with E-state index in [9.17, 15) is 13.2 Å². The summed E-state index contributed by atoms with van der Waals surface area (Å²) in [5, 5.41) is 9.10. The van der Waals surface area contributed by atoms with Gasteiger partial charge in [0.05, 0.1) is 5.56 Å². The minimum Gasteiger partial charge on any atom is -0.396 e. The van der Waals surface area contributed by atoms with Crippen LogP contribution < -0.4 is 10.6 Å². The number of nitrogens with zero attached hydrogens (tertiary/aromatic N) is 1. The normalized spacial score (nSPS) is 17.6. The van der Waals surface area contributed by atoms with Gasteiger partial charge in [0.25, 0.3) is 0 Å². The van der Waals surface area contributed by atoms with E-state index in [0.29, 0.717) is 5.92 Å². The molecule has 1 aromatic carbocycles. The summed E-state index contributed by atoms with van der Waals surface area (Å²) >= 11 is 0. The second kappa shape index (κ2) is 6.01. The molecule has 3 nitrogen and oxygen atoms in total. The van der Waals surface area contributed by atoms with Gasteiger partial charge in [-0.3, -0.25) is 0 Å². The van der Waals surface area contributed by atoms with Crippen LogP contribution in [0.3, 0.4) is 0 Å². The van der Waals surface area contributed by atoms with Gasteiger partial charge in [-0.05, 0) is 42.5 Å². The molecule has 1 aliphatic rings. The maximum atomic E-state index is 12.8. The Kier molecular flexibility index (Phi) is 4.55. The number of piperidine rings is 1. The minimum absolute atomic E-state index is 0.124. The van der Waals surface area contributed by atoms with Gasteiger partial charge in [-0.2, -0.15) is 13.2 Å². The van der Waals surface area contributed by atoms with Gasteiger partial charge >= 0.3 is 6.18 Å². The summed E-state index contributed by atoms with van der Waals surface area (Å²) < 4.78 is 38.4. The summed E-state index contributed by atoms with van der Waals surface area (Å²) in [7, 11) is 0. The predicted molar refractivity (Wildman–Crippen MR) is 71.4 cm³/mol. The van der Waals surface area contributed by atoms with Crippen molar-refractivity contribution in [3.05, 3.63) is 29.3 Å². The molecular weight excluding hydrogens is 269 g/mol. The van der Waals surface area contributed by atoms with Crippen LogP contribution in [0.25, 0.3) is 0 Å². The molecule has 2 rings (SSSR count). The van der Waals surface area contributed by atoms with Gasteiger partial charge in [-0.25, -0.2) is 0 Å². The lowest BCUT2D eigenvalue weighted by molar-refractivity contribution is -0.138. The van der Waals surface area contributed by atoms with Crippen LogP contribution in [-0.2, 0) is 12.7 Å². The highest BCUT2D eigenvalue weighted by Gasteiger charge is 2.33. The fourth-order valence-electron chi connectivity index (χ4n) is 2.60. The molecule has 0 spiro atoms. The fourth-order valence-corrected chi connectivity index (χ4v) is 2.60. The number of hydrogen-bond donors (Lipinski definition) is 2. The zero-order valence-electron chi connectivity index (χ0n) is 11.2. The summed E-state index contributed by atoms with van der Waals surface area (Å²) in [6.45, 7) is 1.55. The van der Waals surface area contributed by atoms with Crippen molar-refractivity contribution < 1.29 is 18.3 Å².